The Morgan fingerprint density at radius 2 is 1.87 bits per heavy atom. The number of ketones is 1. The molecule has 3 N–H and O–H groups in total. The number of fused-ring (bicyclic) bond motifs is 2. The van der Waals surface area contributed by atoms with Gasteiger partial charge in [-0.15, -0.1) is 0 Å². The highest BCUT2D eigenvalue weighted by atomic mass is 16.5. The number of rotatable bonds is 7. The van der Waals surface area contributed by atoms with Gasteiger partial charge in [-0.25, -0.2) is 0 Å². The van der Waals surface area contributed by atoms with Crippen LogP contribution in [0.3, 0.4) is 0 Å². The number of carbonyl (C=O) groups is 2. The predicted molar refractivity (Wildman–Crippen MR) is 141 cm³/mol. The van der Waals surface area contributed by atoms with Gasteiger partial charge < -0.3 is 29.3 Å². The van der Waals surface area contributed by atoms with Crippen LogP contribution < -0.4 is 4.74 Å². The van der Waals surface area contributed by atoms with Crippen LogP contribution in [0.25, 0.3) is 21.9 Å². The number of furan rings is 1. The summed E-state index contributed by atoms with van der Waals surface area (Å²) in [6.07, 6.45) is 2.39. The lowest BCUT2D eigenvalue weighted by Gasteiger charge is -2.26. The van der Waals surface area contributed by atoms with Crippen LogP contribution in [0, 0.1) is 0 Å². The number of H-pyrrole nitrogens is 1. The highest BCUT2D eigenvalue weighted by molar-refractivity contribution is 6.16. The van der Waals surface area contributed by atoms with Crippen LogP contribution in [0.15, 0.2) is 94.7 Å². The molecule has 0 saturated heterocycles. The first kappa shape index (κ1) is 23.4. The summed E-state index contributed by atoms with van der Waals surface area (Å²) in [5.74, 6) is -1.48. The van der Waals surface area contributed by atoms with Crippen molar-refractivity contribution in [2.24, 2.45) is 0 Å². The number of Topliss-reactive ketones (excluding diaryl/α,β-unsaturated/α-hetero) is 1. The number of nitrogens with zero attached hydrogens (tertiary/aromatic N) is 1. The molecule has 8 nitrogen and oxygen atoms in total. The maximum Gasteiger partial charge on any atom is 0.290 e. The van der Waals surface area contributed by atoms with Crippen molar-refractivity contribution in [1.29, 1.82) is 0 Å². The molecule has 0 aliphatic carbocycles. The zero-order chi connectivity index (χ0) is 26.4. The van der Waals surface area contributed by atoms with Gasteiger partial charge in [-0.1, -0.05) is 42.5 Å². The molecule has 1 amide bonds. The average molecular weight is 509 g/mol. The zero-order valence-electron chi connectivity index (χ0n) is 20.5. The third-order valence-corrected chi connectivity index (χ3v) is 6.98. The second-order valence-electron chi connectivity index (χ2n) is 9.19. The monoisotopic (exact) mass is 508 g/mol. The van der Waals surface area contributed by atoms with Crippen molar-refractivity contribution in [3.05, 3.63) is 107 Å². The molecule has 0 bridgehead atoms. The summed E-state index contributed by atoms with van der Waals surface area (Å²) in [6.45, 7) is 0.232. The SMILES string of the molecule is COc1cccc2cc(C(=O)C3=C(O)C(=O)N(CCc4c[nH]c5ccccc45)C3c3cccc(O)c3)oc12. The average Bonchev–Trinajstić information content (AvgIpc) is 3.62. The number of benzene rings is 3. The van der Waals surface area contributed by atoms with Gasteiger partial charge in [-0.05, 0) is 47.9 Å². The second kappa shape index (κ2) is 9.15. The van der Waals surface area contributed by atoms with Gasteiger partial charge in [0.25, 0.3) is 5.91 Å². The molecule has 0 fully saturated rings. The first-order chi connectivity index (χ1) is 18.5. The highest BCUT2D eigenvalue weighted by Gasteiger charge is 2.44. The number of para-hydroxylation sites is 2. The largest absolute Gasteiger partial charge is 0.508 e. The number of phenols is 1. The Labute approximate surface area is 217 Å². The van der Waals surface area contributed by atoms with E-state index in [9.17, 15) is 19.8 Å². The number of nitrogens with one attached hydrogen (secondary N) is 1. The number of carbonyl (C=O) groups excluding carboxylic acids is 2. The number of aromatic hydroxyl groups is 1. The van der Waals surface area contributed by atoms with Gasteiger partial charge in [-0.3, -0.25) is 9.59 Å². The van der Waals surface area contributed by atoms with Gasteiger partial charge in [-0.2, -0.15) is 0 Å². The summed E-state index contributed by atoms with van der Waals surface area (Å²) >= 11 is 0. The van der Waals surface area contributed by atoms with Crippen molar-refractivity contribution in [3.8, 4) is 11.5 Å². The minimum atomic E-state index is -0.914. The van der Waals surface area contributed by atoms with E-state index in [1.165, 1.54) is 24.1 Å². The van der Waals surface area contributed by atoms with Crippen molar-refractivity contribution in [3.63, 3.8) is 0 Å². The highest BCUT2D eigenvalue weighted by Crippen LogP contribution is 2.41. The van der Waals surface area contributed by atoms with Crippen molar-refractivity contribution in [2.75, 3.05) is 13.7 Å². The van der Waals surface area contributed by atoms with E-state index in [1.54, 1.807) is 36.4 Å². The third-order valence-electron chi connectivity index (χ3n) is 6.98. The van der Waals surface area contributed by atoms with Gasteiger partial charge in [0.2, 0.25) is 5.78 Å². The van der Waals surface area contributed by atoms with Crippen molar-refractivity contribution >= 4 is 33.6 Å². The number of hydrogen-bond donors (Lipinski definition) is 3. The van der Waals surface area contributed by atoms with E-state index in [2.05, 4.69) is 4.98 Å². The Balaban J connectivity index is 1.39. The van der Waals surface area contributed by atoms with Gasteiger partial charge >= 0.3 is 0 Å². The lowest BCUT2D eigenvalue weighted by Crippen LogP contribution is -2.33. The first-order valence-electron chi connectivity index (χ1n) is 12.2. The fraction of sp³-hybridized carbons (Fsp3) is 0.133. The van der Waals surface area contributed by atoms with Crippen molar-refractivity contribution < 1.29 is 29.0 Å². The smallest absolute Gasteiger partial charge is 0.290 e. The lowest BCUT2D eigenvalue weighted by atomic mass is 9.94. The quantitative estimate of drug-likeness (QED) is 0.252. The molecule has 0 saturated carbocycles. The molecule has 3 heterocycles. The van der Waals surface area contributed by atoms with Gasteiger partial charge in [0.05, 0.1) is 18.7 Å². The van der Waals surface area contributed by atoms with Crippen LogP contribution in [0.1, 0.15) is 27.7 Å². The molecule has 2 aromatic heterocycles. The van der Waals surface area contributed by atoms with E-state index in [1.807, 2.05) is 30.5 Å². The molecule has 8 heteroatoms. The molecule has 1 unspecified atom stereocenters. The van der Waals surface area contributed by atoms with E-state index in [0.29, 0.717) is 28.7 Å². The predicted octanol–water partition coefficient (Wildman–Crippen LogP) is 5.45. The molecule has 6 rings (SSSR count). The fourth-order valence-electron chi connectivity index (χ4n) is 5.18. The number of aliphatic hydroxyl groups excluding tert-OH is 1. The molecule has 0 spiro atoms. The van der Waals surface area contributed by atoms with Crippen molar-refractivity contribution in [2.45, 2.75) is 12.5 Å². The zero-order valence-corrected chi connectivity index (χ0v) is 20.5. The Morgan fingerprint density at radius 3 is 2.68 bits per heavy atom. The number of amides is 1. The molecule has 190 valence electrons. The Hall–Kier alpha value is -4.98. The van der Waals surface area contributed by atoms with Gasteiger partial charge in [0.1, 0.15) is 5.75 Å². The maximum absolute atomic E-state index is 13.8. The van der Waals surface area contributed by atoms with Crippen LogP contribution in [-0.4, -0.2) is 45.4 Å². The summed E-state index contributed by atoms with van der Waals surface area (Å²) in [4.78, 5) is 31.8. The Kier molecular flexibility index (Phi) is 5.64. The molecule has 1 atom stereocenters. The van der Waals surface area contributed by atoms with Crippen LogP contribution >= 0.6 is 0 Å². The standard InChI is InChI=1S/C30H24N2O6/c1-37-23-11-5-7-18-15-24(38-29(18)23)27(34)25-26(17-6-4-8-20(33)14-17)32(30(36)28(25)35)13-12-19-16-31-22-10-3-2-9-21(19)22/h2-11,14-16,26,31,33,35H,12-13H2,1H3. The van der Waals surface area contributed by atoms with E-state index in [4.69, 9.17) is 9.15 Å². The lowest BCUT2D eigenvalue weighted by molar-refractivity contribution is -0.129. The van der Waals surface area contributed by atoms with Crippen LogP contribution in [0.4, 0.5) is 0 Å². The molecule has 1 aliphatic heterocycles. The summed E-state index contributed by atoms with van der Waals surface area (Å²) in [7, 11) is 1.51. The number of aromatic amines is 1. The summed E-state index contributed by atoms with van der Waals surface area (Å²) < 4.78 is 11.2. The number of phenolic OH excluding ortho intramolecular Hbond substituents is 1. The van der Waals surface area contributed by atoms with Crippen LogP contribution in [-0.2, 0) is 11.2 Å². The summed E-state index contributed by atoms with van der Waals surface area (Å²) in [5.41, 5.74) is 2.78. The third kappa shape index (κ3) is 3.78. The van der Waals surface area contributed by atoms with E-state index < -0.39 is 23.5 Å². The van der Waals surface area contributed by atoms with Crippen molar-refractivity contribution in [1.82, 2.24) is 9.88 Å². The summed E-state index contributed by atoms with van der Waals surface area (Å²) in [6, 6.07) is 20.1. The molecule has 5 aromatic rings. The van der Waals surface area contributed by atoms with E-state index in [0.717, 1.165) is 16.5 Å². The fourth-order valence-corrected chi connectivity index (χ4v) is 5.18. The molecular weight excluding hydrogens is 484 g/mol. The minimum Gasteiger partial charge on any atom is -0.508 e. The topological polar surface area (TPSA) is 116 Å². The number of hydrogen-bond acceptors (Lipinski definition) is 6. The van der Waals surface area contributed by atoms with E-state index in [-0.39, 0.29) is 23.6 Å². The normalized spacial score (nSPS) is 15.7. The first-order valence-corrected chi connectivity index (χ1v) is 12.2. The number of methoxy groups -OCH3 is 1. The van der Waals surface area contributed by atoms with Gasteiger partial charge in [0.15, 0.2) is 22.9 Å². The molecular formula is C30H24N2O6. The minimum absolute atomic E-state index is 0.0156. The molecule has 0 radical (unpaired) electrons. The maximum atomic E-state index is 13.8. The van der Waals surface area contributed by atoms with Crippen LogP contribution in [0.5, 0.6) is 11.5 Å². The second-order valence-corrected chi connectivity index (χ2v) is 9.19. The number of ether oxygens (including phenoxy) is 1. The Morgan fingerprint density at radius 1 is 1.05 bits per heavy atom. The van der Waals surface area contributed by atoms with Gasteiger partial charge in [0, 0.05) is 29.0 Å². The Bertz CT molecular complexity index is 1740. The van der Waals surface area contributed by atoms with Crippen LogP contribution in [0.2, 0.25) is 0 Å². The molecule has 1 aliphatic rings. The molecule has 3 aromatic carbocycles. The summed E-state index contributed by atoms with van der Waals surface area (Å²) in [5, 5.41) is 22.9. The molecule has 38 heavy (non-hydrogen) atoms. The number of aromatic nitrogens is 1. The number of aliphatic hydroxyl groups is 1. The van der Waals surface area contributed by atoms with E-state index >= 15 is 0 Å².